The Morgan fingerprint density at radius 2 is 1.92 bits per heavy atom. The van der Waals surface area contributed by atoms with Gasteiger partial charge in [0.1, 0.15) is 11.6 Å². The van der Waals surface area contributed by atoms with Crippen molar-refractivity contribution in [3.8, 4) is 11.8 Å². The molecule has 184 valence electrons. The van der Waals surface area contributed by atoms with E-state index >= 15 is 0 Å². The van der Waals surface area contributed by atoms with Gasteiger partial charge in [-0.3, -0.25) is 4.79 Å². The number of imidazole rings is 1. The fourth-order valence-corrected chi connectivity index (χ4v) is 4.14. The third-order valence-electron chi connectivity index (χ3n) is 6.21. The first kappa shape index (κ1) is 23.5. The molecule has 2 atom stereocenters. The van der Waals surface area contributed by atoms with Crippen molar-refractivity contribution in [1.82, 2.24) is 19.5 Å². The smallest absolute Gasteiger partial charge is 0.295 e. The highest BCUT2D eigenvalue weighted by atomic mass is 19.3. The zero-order valence-corrected chi connectivity index (χ0v) is 19.2. The Balaban J connectivity index is 1.49. The quantitative estimate of drug-likeness (QED) is 0.308. The lowest BCUT2D eigenvalue weighted by Crippen LogP contribution is -2.17. The van der Waals surface area contributed by atoms with Gasteiger partial charge in [-0.2, -0.15) is 0 Å². The van der Waals surface area contributed by atoms with E-state index in [1.807, 2.05) is 0 Å². The van der Waals surface area contributed by atoms with Crippen LogP contribution in [0.3, 0.4) is 0 Å². The minimum absolute atomic E-state index is 0.154. The zero-order chi connectivity index (χ0) is 25.6. The van der Waals surface area contributed by atoms with E-state index in [2.05, 4.69) is 37.4 Å². The summed E-state index contributed by atoms with van der Waals surface area (Å²) in [5.41, 5.74) is 2.10. The molecule has 1 aliphatic rings. The predicted octanol–water partition coefficient (Wildman–Crippen LogP) is 4.74. The molecular weight excluding hydrogens is 476 g/mol. The van der Waals surface area contributed by atoms with Gasteiger partial charge in [0.15, 0.2) is 5.82 Å². The zero-order valence-electron chi connectivity index (χ0n) is 19.2. The normalized spacial score (nSPS) is 16.9. The summed E-state index contributed by atoms with van der Waals surface area (Å²) in [6, 6.07) is 6.63. The first-order chi connectivity index (χ1) is 17.3. The number of pyridine rings is 2. The molecule has 11 heteroatoms. The summed E-state index contributed by atoms with van der Waals surface area (Å²) in [6.45, 7) is 0. The molecule has 36 heavy (non-hydrogen) atoms. The van der Waals surface area contributed by atoms with Gasteiger partial charge in [0.05, 0.1) is 16.6 Å². The molecule has 1 amide bonds. The van der Waals surface area contributed by atoms with Crippen LogP contribution < -0.4 is 10.6 Å². The standard InChI is InChI=1S/C25H20F4N6O/c1-30-23-17-11-31-20(34-25(36)16-8-15(16)21(26)27)9-14(17)13(10-32-23)5-3-12-4-6-18-19(7-12)35(2)24(33-18)22(28)29/h4,6-7,9-11,15-16,21-22H,8H2,1-2H3,(H,30,32)(H,31,34,36)/t15-,16+/m1/s1. The van der Waals surface area contributed by atoms with Crippen molar-refractivity contribution in [1.29, 1.82) is 0 Å². The van der Waals surface area contributed by atoms with Crippen LogP contribution in [0.15, 0.2) is 36.7 Å². The van der Waals surface area contributed by atoms with Gasteiger partial charge >= 0.3 is 0 Å². The van der Waals surface area contributed by atoms with Crippen molar-refractivity contribution in [2.24, 2.45) is 18.9 Å². The topological polar surface area (TPSA) is 84.7 Å². The molecule has 0 unspecified atom stereocenters. The summed E-state index contributed by atoms with van der Waals surface area (Å²) in [5.74, 6) is 4.40. The number of amides is 1. The molecule has 5 rings (SSSR count). The molecule has 2 N–H and O–H groups in total. The number of benzene rings is 1. The van der Waals surface area contributed by atoms with Crippen molar-refractivity contribution < 1.29 is 22.4 Å². The van der Waals surface area contributed by atoms with Crippen LogP contribution in [0.5, 0.6) is 0 Å². The second-order valence-corrected chi connectivity index (χ2v) is 8.50. The fourth-order valence-electron chi connectivity index (χ4n) is 4.14. The van der Waals surface area contributed by atoms with Crippen molar-refractivity contribution in [2.75, 3.05) is 17.7 Å². The van der Waals surface area contributed by atoms with Gasteiger partial charge in [-0.1, -0.05) is 11.8 Å². The van der Waals surface area contributed by atoms with E-state index < -0.39 is 30.6 Å². The molecule has 0 aliphatic heterocycles. The number of nitrogens with zero attached hydrogens (tertiary/aromatic N) is 4. The number of hydrogen-bond donors (Lipinski definition) is 2. The maximum atomic E-state index is 13.2. The van der Waals surface area contributed by atoms with Gasteiger partial charge in [-0.25, -0.2) is 32.5 Å². The summed E-state index contributed by atoms with van der Waals surface area (Å²) >= 11 is 0. The first-order valence-electron chi connectivity index (χ1n) is 11.1. The summed E-state index contributed by atoms with van der Waals surface area (Å²) in [4.78, 5) is 24.9. The molecule has 1 fully saturated rings. The maximum Gasteiger partial charge on any atom is 0.295 e. The van der Waals surface area contributed by atoms with E-state index in [-0.39, 0.29) is 18.1 Å². The van der Waals surface area contributed by atoms with Crippen LogP contribution in [0.1, 0.15) is 29.8 Å². The van der Waals surface area contributed by atoms with Crippen molar-refractivity contribution >= 4 is 39.3 Å². The SMILES string of the molecule is CNc1ncc(C#Cc2ccc3nc(C(F)F)n(C)c3c2)c2cc(NC(=O)[C@H]3C[C@H]3C(F)F)ncc12. The molecule has 0 spiro atoms. The number of anilines is 2. The third kappa shape index (κ3) is 4.30. The van der Waals surface area contributed by atoms with Gasteiger partial charge in [0, 0.05) is 54.7 Å². The molecule has 0 saturated heterocycles. The Morgan fingerprint density at radius 1 is 1.11 bits per heavy atom. The lowest BCUT2D eigenvalue weighted by Gasteiger charge is -2.09. The minimum atomic E-state index is -2.69. The van der Waals surface area contributed by atoms with Crippen LogP contribution in [0, 0.1) is 23.7 Å². The minimum Gasteiger partial charge on any atom is -0.373 e. The monoisotopic (exact) mass is 496 g/mol. The van der Waals surface area contributed by atoms with Crippen LogP contribution in [-0.4, -0.2) is 38.9 Å². The van der Waals surface area contributed by atoms with Crippen LogP contribution >= 0.6 is 0 Å². The number of hydrogen-bond acceptors (Lipinski definition) is 5. The van der Waals surface area contributed by atoms with Gasteiger partial charge in [0.25, 0.3) is 6.43 Å². The number of rotatable bonds is 5. The second-order valence-electron chi connectivity index (χ2n) is 8.50. The molecule has 4 aromatic rings. The predicted molar refractivity (Wildman–Crippen MR) is 127 cm³/mol. The Morgan fingerprint density at radius 3 is 2.61 bits per heavy atom. The highest BCUT2D eigenvalue weighted by Gasteiger charge is 2.48. The maximum absolute atomic E-state index is 13.2. The van der Waals surface area contributed by atoms with Crippen LogP contribution in [0.4, 0.5) is 29.2 Å². The number of nitrogens with one attached hydrogen (secondary N) is 2. The highest BCUT2D eigenvalue weighted by Crippen LogP contribution is 2.43. The average molecular weight is 496 g/mol. The van der Waals surface area contributed by atoms with Gasteiger partial charge in [0.2, 0.25) is 12.3 Å². The number of fused-ring (bicyclic) bond motifs is 2. The number of aryl methyl sites for hydroxylation is 1. The molecule has 1 aliphatic carbocycles. The fraction of sp³-hybridized carbons (Fsp3) is 0.280. The lowest BCUT2D eigenvalue weighted by molar-refractivity contribution is -0.118. The van der Waals surface area contributed by atoms with Gasteiger partial charge in [-0.05, 0) is 30.7 Å². The molecule has 7 nitrogen and oxygen atoms in total. The van der Waals surface area contributed by atoms with E-state index in [0.29, 0.717) is 38.8 Å². The van der Waals surface area contributed by atoms with Gasteiger partial charge in [-0.15, -0.1) is 0 Å². The molecular formula is C25H20F4N6O. The summed E-state index contributed by atoms with van der Waals surface area (Å²) in [7, 11) is 3.23. The van der Waals surface area contributed by atoms with Crippen LogP contribution in [0.25, 0.3) is 21.8 Å². The summed E-state index contributed by atoms with van der Waals surface area (Å²) in [6.07, 6.45) is -1.96. The average Bonchev–Trinajstić information content (AvgIpc) is 3.61. The largest absolute Gasteiger partial charge is 0.373 e. The highest BCUT2D eigenvalue weighted by molar-refractivity contribution is 5.99. The molecule has 3 heterocycles. The summed E-state index contributed by atoms with van der Waals surface area (Å²) in [5, 5.41) is 6.89. The molecule has 1 saturated carbocycles. The summed E-state index contributed by atoms with van der Waals surface area (Å²) < 4.78 is 53.3. The van der Waals surface area contributed by atoms with Gasteiger partial charge < -0.3 is 15.2 Å². The van der Waals surface area contributed by atoms with E-state index in [1.54, 1.807) is 37.5 Å². The van der Waals surface area contributed by atoms with Crippen LogP contribution in [-0.2, 0) is 11.8 Å². The number of carbonyl (C=O) groups excluding carboxylic acids is 1. The number of halogens is 4. The molecule has 0 bridgehead atoms. The van der Waals surface area contributed by atoms with Crippen molar-refractivity contribution in [2.45, 2.75) is 19.3 Å². The molecule has 3 aromatic heterocycles. The number of carbonyl (C=O) groups is 1. The molecule has 0 radical (unpaired) electrons. The Bertz CT molecular complexity index is 1560. The molecule has 1 aromatic carbocycles. The number of alkyl halides is 4. The van der Waals surface area contributed by atoms with E-state index in [9.17, 15) is 22.4 Å². The lowest BCUT2D eigenvalue weighted by atomic mass is 10.1. The number of aromatic nitrogens is 4. The Hall–Kier alpha value is -4.20. The Kier molecular flexibility index (Phi) is 5.96. The van der Waals surface area contributed by atoms with Crippen LogP contribution in [0.2, 0.25) is 0 Å². The second kappa shape index (κ2) is 9.11. The Labute approximate surface area is 202 Å². The van der Waals surface area contributed by atoms with Crippen molar-refractivity contribution in [3.05, 3.63) is 53.6 Å². The first-order valence-corrected chi connectivity index (χ1v) is 11.1. The third-order valence-corrected chi connectivity index (χ3v) is 6.21. The van der Waals surface area contributed by atoms with E-state index in [4.69, 9.17) is 0 Å². The van der Waals surface area contributed by atoms with Crippen molar-refractivity contribution in [3.63, 3.8) is 0 Å². The van der Waals surface area contributed by atoms with E-state index in [0.717, 1.165) is 0 Å². The van der Waals surface area contributed by atoms with E-state index in [1.165, 1.54) is 17.8 Å².